The van der Waals surface area contributed by atoms with E-state index in [9.17, 15) is 4.79 Å². The molecule has 1 aromatic rings. The minimum absolute atomic E-state index is 0.124. The molecule has 5 nitrogen and oxygen atoms in total. The molecule has 2 fully saturated rings. The van der Waals surface area contributed by atoms with Crippen molar-refractivity contribution in [3.8, 4) is 0 Å². The second kappa shape index (κ2) is 6.27. The SMILES string of the molecule is Cc1cc(C)n(CC(=O)N2CCC[C@@]3(C)[C@@H]2CCCCN3C)n1. The van der Waals surface area contributed by atoms with Crippen LogP contribution in [-0.2, 0) is 11.3 Å². The molecule has 3 rings (SSSR count). The molecule has 23 heavy (non-hydrogen) atoms. The molecule has 3 heterocycles. The third-order valence-electron chi connectivity index (χ3n) is 5.98. The molecule has 5 heteroatoms. The molecule has 0 unspecified atom stereocenters. The van der Waals surface area contributed by atoms with Crippen LogP contribution in [0.15, 0.2) is 6.07 Å². The van der Waals surface area contributed by atoms with Crippen molar-refractivity contribution in [3.05, 3.63) is 17.5 Å². The van der Waals surface area contributed by atoms with Crippen molar-refractivity contribution in [2.75, 3.05) is 20.1 Å². The van der Waals surface area contributed by atoms with Gasteiger partial charge in [0.25, 0.3) is 0 Å². The van der Waals surface area contributed by atoms with E-state index >= 15 is 0 Å². The second-order valence-corrected chi connectivity index (χ2v) is 7.57. The number of piperidine rings is 1. The first-order valence-electron chi connectivity index (χ1n) is 8.93. The van der Waals surface area contributed by atoms with Crippen molar-refractivity contribution in [1.82, 2.24) is 19.6 Å². The highest BCUT2D eigenvalue weighted by Gasteiger charge is 2.45. The van der Waals surface area contributed by atoms with Gasteiger partial charge in [-0.1, -0.05) is 6.42 Å². The van der Waals surface area contributed by atoms with Gasteiger partial charge in [-0.15, -0.1) is 0 Å². The van der Waals surface area contributed by atoms with Gasteiger partial charge < -0.3 is 4.90 Å². The summed E-state index contributed by atoms with van der Waals surface area (Å²) in [4.78, 5) is 17.6. The maximum Gasteiger partial charge on any atom is 0.244 e. The van der Waals surface area contributed by atoms with E-state index in [0.29, 0.717) is 12.6 Å². The molecule has 128 valence electrons. The Morgan fingerprint density at radius 3 is 2.78 bits per heavy atom. The van der Waals surface area contributed by atoms with Crippen LogP contribution in [0.2, 0.25) is 0 Å². The monoisotopic (exact) mass is 318 g/mol. The smallest absolute Gasteiger partial charge is 0.244 e. The van der Waals surface area contributed by atoms with Crippen LogP contribution in [0.4, 0.5) is 0 Å². The van der Waals surface area contributed by atoms with Crippen LogP contribution in [0.25, 0.3) is 0 Å². The first-order chi connectivity index (χ1) is 10.9. The van der Waals surface area contributed by atoms with Crippen molar-refractivity contribution in [2.24, 2.45) is 0 Å². The quantitative estimate of drug-likeness (QED) is 0.840. The fraction of sp³-hybridized carbons (Fsp3) is 0.778. The summed E-state index contributed by atoms with van der Waals surface area (Å²) in [5.74, 6) is 0.224. The first kappa shape index (κ1) is 16.5. The number of aryl methyl sites for hydroxylation is 2. The Morgan fingerprint density at radius 1 is 1.30 bits per heavy atom. The molecule has 0 N–H and O–H groups in total. The summed E-state index contributed by atoms with van der Waals surface area (Å²) in [5.41, 5.74) is 2.17. The molecule has 2 aliphatic rings. The zero-order chi connectivity index (χ0) is 16.6. The Balaban J connectivity index is 1.80. The van der Waals surface area contributed by atoms with E-state index in [2.05, 4.69) is 28.9 Å². The molecule has 0 bridgehead atoms. The predicted octanol–water partition coefficient (Wildman–Crippen LogP) is 2.37. The highest BCUT2D eigenvalue weighted by Crippen LogP contribution is 2.37. The molecule has 1 amide bonds. The third-order valence-corrected chi connectivity index (χ3v) is 5.98. The summed E-state index contributed by atoms with van der Waals surface area (Å²) in [6.07, 6.45) is 5.87. The van der Waals surface area contributed by atoms with Crippen LogP contribution >= 0.6 is 0 Å². The molecule has 2 aliphatic heterocycles. The summed E-state index contributed by atoms with van der Waals surface area (Å²) in [6.45, 7) is 8.76. The maximum absolute atomic E-state index is 13.0. The van der Waals surface area contributed by atoms with E-state index in [1.54, 1.807) is 0 Å². The highest BCUT2D eigenvalue weighted by molar-refractivity contribution is 5.76. The number of nitrogens with zero attached hydrogens (tertiary/aromatic N) is 4. The van der Waals surface area contributed by atoms with Gasteiger partial charge in [0.2, 0.25) is 5.91 Å². The van der Waals surface area contributed by atoms with Crippen LogP contribution in [-0.4, -0.2) is 57.2 Å². The topological polar surface area (TPSA) is 41.4 Å². The van der Waals surface area contributed by atoms with Crippen LogP contribution in [0, 0.1) is 13.8 Å². The number of carbonyl (C=O) groups excluding carboxylic acids is 1. The molecule has 0 spiro atoms. The largest absolute Gasteiger partial charge is 0.336 e. The van der Waals surface area contributed by atoms with Crippen molar-refractivity contribution >= 4 is 5.91 Å². The predicted molar refractivity (Wildman–Crippen MR) is 91.3 cm³/mol. The molecular formula is C18H30N4O. The fourth-order valence-electron chi connectivity index (χ4n) is 4.47. The maximum atomic E-state index is 13.0. The summed E-state index contributed by atoms with van der Waals surface area (Å²) in [6, 6.07) is 2.38. The first-order valence-corrected chi connectivity index (χ1v) is 8.93. The molecule has 1 aromatic heterocycles. The number of aromatic nitrogens is 2. The average molecular weight is 318 g/mol. The average Bonchev–Trinajstić information content (AvgIpc) is 2.72. The Bertz CT molecular complexity index is 582. The van der Waals surface area contributed by atoms with Crippen molar-refractivity contribution in [3.63, 3.8) is 0 Å². The van der Waals surface area contributed by atoms with Gasteiger partial charge in [0.05, 0.1) is 5.69 Å². The highest BCUT2D eigenvalue weighted by atomic mass is 16.2. The molecule has 0 aliphatic carbocycles. The number of hydrogen-bond donors (Lipinski definition) is 0. The van der Waals surface area contributed by atoms with Crippen LogP contribution in [0.1, 0.15) is 50.4 Å². The Hall–Kier alpha value is -1.36. The van der Waals surface area contributed by atoms with Crippen LogP contribution in [0.5, 0.6) is 0 Å². The zero-order valence-corrected chi connectivity index (χ0v) is 15.0. The van der Waals surface area contributed by atoms with E-state index in [1.807, 2.05) is 24.6 Å². The van der Waals surface area contributed by atoms with Crippen molar-refractivity contribution in [1.29, 1.82) is 0 Å². The van der Waals surface area contributed by atoms with E-state index in [-0.39, 0.29) is 11.4 Å². The minimum atomic E-state index is 0.124. The summed E-state index contributed by atoms with van der Waals surface area (Å²) < 4.78 is 1.85. The Kier molecular flexibility index (Phi) is 4.50. The van der Waals surface area contributed by atoms with Gasteiger partial charge in [-0.05, 0) is 66.1 Å². The van der Waals surface area contributed by atoms with Gasteiger partial charge in [0.1, 0.15) is 6.54 Å². The molecular weight excluding hydrogens is 288 g/mol. The number of rotatable bonds is 2. The van der Waals surface area contributed by atoms with E-state index in [4.69, 9.17) is 0 Å². The van der Waals surface area contributed by atoms with Crippen molar-refractivity contribution in [2.45, 2.75) is 71.0 Å². The number of amides is 1. The van der Waals surface area contributed by atoms with Gasteiger partial charge in [-0.25, -0.2) is 0 Å². The standard InChI is InChI=1S/C18H30N4O/c1-14-12-15(2)22(19-14)13-17(23)21-11-7-9-18(3)16(21)8-5-6-10-20(18)4/h12,16H,5-11,13H2,1-4H3/t16-,18-/m0/s1. The molecule has 2 saturated heterocycles. The minimum Gasteiger partial charge on any atom is -0.336 e. The van der Waals surface area contributed by atoms with E-state index in [1.165, 1.54) is 19.3 Å². The number of carbonyl (C=O) groups is 1. The van der Waals surface area contributed by atoms with Gasteiger partial charge in [0.15, 0.2) is 0 Å². The summed E-state index contributed by atoms with van der Waals surface area (Å²) in [7, 11) is 2.23. The number of likely N-dealkylation sites (tertiary alicyclic amines) is 2. The lowest BCUT2D eigenvalue weighted by molar-refractivity contribution is -0.141. The number of fused-ring (bicyclic) bond motifs is 1. The fourth-order valence-corrected chi connectivity index (χ4v) is 4.47. The lowest BCUT2D eigenvalue weighted by atomic mass is 9.80. The molecule has 0 saturated carbocycles. The van der Waals surface area contributed by atoms with Crippen LogP contribution < -0.4 is 0 Å². The number of hydrogen-bond acceptors (Lipinski definition) is 3. The van der Waals surface area contributed by atoms with E-state index < -0.39 is 0 Å². The second-order valence-electron chi connectivity index (χ2n) is 7.57. The summed E-state index contributed by atoms with van der Waals surface area (Å²) >= 11 is 0. The van der Waals surface area contributed by atoms with Crippen molar-refractivity contribution < 1.29 is 4.79 Å². The molecule has 0 aromatic carbocycles. The normalized spacial score (nSPS) is 29.2. The number of likely N-dealkylation sites (N-methyl/N-ethyl adjacent to an activating group) is 1. The Morgan fingerprint density at radius 2 is 2.09 bits per heavy atom. The van der Waals surface area contributed by atoms with E-state index in [0.717, 1.165) is 37.3 Å². The molecule has 2 atom stereocenters. The zero-order valence-electron chi connectivity index (χ0n) is 15.0. The molecule has 0 radical (unpaired) electrons. The lowest BCUT2D eigenvalue weighted by Crippen LogP contribution is -2.63. The Labute approximate surface area is 139 Å². The lowest BCUT2D eigenvalue weighted by Gasteiger charge is -2.51. The van der Waals surface area contributed by atoms with Gasteiger partial charge in [0, 0.05) is 23.8 Å². The van der Waals surface area contributed by atoms with Gasteiger partial charge >= 0.3 is 0 Å². The summed E-state index contributed by atoms with van der Waals surface area (Å²) in [5, 5.41) is 4.46. The van der Waals surface area contributed by atoms with Gasteiger partial charge in [-0.2, -0.15) is 5.10 Å². The van der Waals surface area contributed by atoms with Gasteiger partial charge in [-0.3, -0.25) is 14.4 Å². The third kappa shape index (κ3) is 3.03. The van der Waals surface area contributed by atoms with Crippen LogP contribution in [0.3, 0.4) is 0 Å².